The highest BCUT2D eigenvalue weighted by molar-refractivity contribution is 5.78. The number of fused-ring (bicyclic) bond motifs is 3. The number of halogens is 3. The normalized spacial score (nSPS) is 24.7. The summed E-state index contributed by atoms with van der Waals surface area (Å²) in [4.78, 5) is 13.5. The molecular weight excluding hydrogens is 349 g/mol. The number of rotatable bonds is 2. The van der Waals surface area contributed by atoms with E-state index in [0.29, 0.717) is 18.2 Å². The van der Waals surface area contributed by atoms with Crippen molar-refractivity contribution in [3.63, 3.8) is 0 Å². The highest BCUT2D eigenvalue weighted by Gasteiger charge is 2.38. The zero-order valence-corrected chi connectivity index (χ0v) is 13.9. The molecule has 2 aliphatic rings. The van der Waals surface area contributed by atoms with Gasteiger partial charge in [-0.15, -0.1) is 0 Å². The number of nitrogens with one attached hydrogen (secondary N) is 1. The minimum absolute atomic E-state index is 0.326. The van der Waals surface area contributed by atoms with Gasteiger partial charge in [0.25, 0.3) is 0 Å². The summed E-state index contributed by atoms with van der Waals surface area (Å²) in [5, 5.41) is 11.9. The Kier molecular flexibility index (Phi) is 5.31. The molecule has 8 heteroatoms. The van der Waals surface area contributed by atoms with Gasteiger partial charge in [0.2, 0.25) is 5.88 Å². The predicted molar refractivity (Wildman–Crippen MR) is 89.0 cm³/mol. The van der Waals surface area contributed by atoms with E-state index in [2.05, 4.69) is 22.4 Å². The third-order valence-electron chi connectivity index (χ3n) is 4.53. The van der Waals surface area contributed by atoms with Crippen molar-refractivity contribution < 1.29 is 27.8 Å². The number of alkyl halides is 3. The van der Waals surface area contributed by atoms with E-state index in [1.807, 2.05) is 24.3 Å². The SMILES string of the molecule is O=C(O)C(F)(F)F.c1ccc2nc(O[C@H]3C[C@H]4CC[C@@H](C3)N4)ccc2c1. The Morgan fingerprint density at radius 1 is 1.12 bits per heavy atom. The summed E-state index contributed by atoms with van der Waals surface area (Å²) < 4.78 is 37.8. The van der Waals surface area contributed by atoms with E-state index >= 15 is 0 Å². The topological polar surface area (TPSA) is 71.5 Å². The van der Waals surface area contributed by atoms with Crippen LogP contribution in [0.1, 0.15) is 25.7 Å². The maximum absolute atomic E-state index is 10.6. The average molecular weight is 368 g/mol. The number of carboxylic acid groups (broad SMARTS) is 1. The van der Waals surface area contributed by atoms with Crippen LogP contribution in [0, 0.1) is 0 Å². The minimum atomic E-state index is -5.08. The molecule has 0 amide bonds. The standard InChI is InChI=1S/C16H18N2O.C2HF3O2/c1-2-4-15-11(3-1)5-8-16(18-15)19-14-9-12-6-7-13(10-14)17-12;3-2(4,5)1(6)7/h1-5,8,12-14,17H,6-7,9-10H2;(H,6,7)/t12-,13+,14+;. The number of ether oxygens (including phenoxy) is 1. The van der Waals surface area contributed by atoms with Gasteiger partial charge in [0.15, 0.2) is 0 Å². The van der Waals surface area contributed by atoms with Gasteiger partial charge in [-0.1, -0.05) is 18.2 Å². The number of piperidine rings is 1. The molecule has 140 valence electrons. The number of para-hydroxylation sites is 1. The molecule has 26 heavy (non-hydrogen) atoms. The van der Waals surface area contributed by atoms with Crippen LogP contribution in [0.5, 0.6) is 5.88 Å². The maximum Gasteiger partial charge on any atom is 0.490 e. The molecule has 5 nitrogen and oxygen atoms in total. The van der Waals surface area contributed by atoms with Crippen molar-refractivity contribution in [3.05, 3.63) is 36.4 Å². The molecule has 0 saturated carbocycles. The number of aliphatic carboxylic acids is 1. The Labute approximate surface area is 148 Å². The second kappa shape index (κ2) is 7.49. The van der Waals surface area contributed by atoms with Crippen molar-refractivity contribution in [2.45, 2.75) is 50.0 Å². The molecule has 2 aromatic rings. The first-order valence-corrected chi connectivity index (χ1v) is 8.40. The smallest absolute Gasteiger partial charge is 0.475 e. The van der Waals surface area contributed by atoms with Crippen LogP contribution in [-0.4, -0.2) is 40.4 Å². The Morgan fingerprint density at radius 3 is 2.35 bits per heavy atom. The third kappa shape index (κ3) is 4.63. The lowest BCUT2D eigenvalue weighted by Crippen LogP contribution is -2.42. The quantitative estimate of drug-likeness (QED) is 0.849. The number of aromatic nitrogens is 1. The summed E-state index contributed by atoms with van der Waals surface area (Å²) in [6.07, 6.45) is 0.0777. The lowest BCUT2D eigenvalue weighted by molar-refractivity contribution is -0.192. The number of carbonyl (C=O) groups is 1. The van der Waals surface area contributed by atoms with E-state index in [1.165, 1.54) is 18.2 Å². The van der Waals surface area contributed by atoms with Crippen LogP contribution in [0.3, 0.4) is 0 Å². The Bertz CT molecular complexity index is 770. The van der Waals surface area contributed by atoms with Crippen molar-refractivity contribution in [2.75, 3.05) is 0 Å². The summed E-state index contributed by atoms with van der Waals surface area (Å²) in [6, 6.07) is 13.6. The molecule has 0 aliphatic carbocycles. The van der Waals surface area contributed by atoms with Crippen LogP contribution < -0.4 is 10.1 Å². The Balaban J connectivity index is 0.000000242. The number of benzene rings is 1. The molecule has 2 aliphatic heterocycles. The van der Waals surface area contributed by atoms with Gasteiger partial charge in [0.1, 0.15) is 6.10 Å². The molecule has 4 rings (SSSR count). The monoisotopic (exact) mass is 368 g/mol. The van der Waals surface area contributed by atoms with Gasteiger partial charge < -0.3 is 15.2 Å². The summed E-state index contributed by atoms with van der Waals surface area (Å²) in [7, 11) is 0. The number of hydrogen-bond acceptors (Lipinski definition) is 4. The molecule has 2 bridgehead atoms. The molecule has 1 aromatic heterocycles. The van der Waals surface area contributed by atoms with E-state index in [1.54, 1.807) is 0 Å². The zero-order chi connectivity index (χ0) is 18.7. The first-order chi connectivity index (χ1) is 12.3. The summed E-state index contributed by atoms with van der Waals surface area (Å²) in [6.45, 7) is 0. The van der Waals surface area contributed by atoms with Crippen LogP contribution in [0.15, 0.2) is 36.4 Å². The predicted octanol–water partition coefficient (Wildman–Crippen LogP) is 3.53. The molecular formula is C18H19F3N2O3. The van der Waals surface area contributed by atoms with Gasteiger partial charge in [-0.3, -0.25) is 0 Å². The van der Waals surface area contributed by atoms with Gasteiger partial charge in [0.05, 0.1) is 5.52 Å². The van der Waals surface area contributed by atoms with Crippen molar-refractivity contribution in [1.82, 2.24) is 10.3 Å². The van der Waals surface area contributed by atoms with Gasteiger partial charge in [-0.05, 0) is 37.8 Å². The second-order valence-corrected chi connectivity index (χ2v) is 6.49. The van der Waals surface area contributed by atoms with E-state index in [9.17, 15) is 13.2 Å². The van der Waals surface area contributed by atoms with Gasteiger partial charge in [-0.25, -0.2) is 9.78 Å². The van der Waals surface area contributed by atoms with Crippen molar-refractivity contribution >= 4 is 16.9 Å². The zero-order valence-electron chi connectivity index (χ0n) is 13.9. The Morgan fingerprint density at radius 2 is 1.73 bits per heavy atom. The fraction of sp³-hybridized carbons (Fsp3) is 0.444. The van der Waals surface area contributed by atoms with Crippen LogP contribution in [-0.2, 0) is 4.79 Å². The largest absolute Gasteiger partial charge is 0.490 e. The van der Waals surface area contributed by atoms with Crippen LogP contribution in [0.25, 0.3) is 10.9 Å². The van der Waals surface area contributed by atoms with Crippen molar-refractivity contribution in [1.29, 1.82) is 0 Å². The fourth-order valence-corrected chi connectivity index (χ4v) is 3.39. The lowest BCUT2D eigenvalue weighted by Gasteiger charge is -2.29. The highest BCUT2D eigenvalue weighted by Crippen LogP contribution is 2.29. The van der Waals surface area contributed by atoms with Gasteiger partial charge in [0, 0.05) is 23.5 Å². The molecule has 1 aromatic carbocycles. The number of carboxylic acids is 1. The van der Waals surface area contributed by atoms with Crippen LogP contribution >= 0.6 is 0 Å². The van der Waals surface area contributed by atoms with E-state index in [0.717, 1.165) is 24.2 Å². The Hall–Kier alpha value is -2.35. The van der Waals surface area contributed by atoms with Gasteiger partial charge in [-0.2, -0.15) is 13.2 Å². The molecule has 3 atom stereocenters. The molecule has 0 spiro atoms. The summed E-state index contributed by atoms with van der Waals surface area (Å²) in [5.41, 5.74) is 1.01. The summed E-state index contributed by atoms with van der Waals surface area (Å²) >= 11 is 0. The first-order valence-electron chi connectivity index (χ1n) is 8.40. The number of pyridine rings is 1. The molecule has 0 unspecified atom stereocenters. The molecule has 2 N–H and O–H groups in total. The fourth-order valence-electron chi connectivity index (χ4n) is 3.39. The van der Waals surface area contributed by atoms with E-state index in [-0.39, 0.29) is 0 Å². The molecule has 3 heterocycles. The third-order valence-corrected chi connectivity index (χ3v) is 4.53. The van der Waals surface area contributed by atoms with Crippen molar-refractivity contribution in [3.8, 4) is 5.88 Å². The van der Waals surface area contributed by atoms with Crippen LogP contribution in [0.2, 0.25) is 0 Å². The number of hydrogen-bond donors (Lipinski definition) is 2. The average Bonchev–Trinajstić information content (AvgIpc) is 2.93. The maximum atomic E-state index is 10.6. The van der Waals surface area contributed by atoms with E-state index in [4.69, 9.17) is 14.6 Å². The highest BCUT2D eigenvalue weighted by atomic mass is 19.4. The van der Waals surface area contributed by atoms with Gasteiger partial charge >= 0.3 is 12.1 Å². The minimum Gasteiger partial charge on any atom is -0.475 e. The van der Waals surface area contributed by atoms with Crippen molar-refractivity contribution in [2.24, 2.45) is 0 Å². The summed E-state index contributed by atoms with van der Waals surface area (Å²) in [5.74, 6) is -1.99. The first kappa shape index (κ1) is 18.4. The van der Waals surface area contributed by atoms with Crippen LogP contribution in [0.4, 0.5) is 13.2 Å². The molecule has 0 radical (unpaired) electrons. The molecule has 2 saturated heterocycles. The molecule has 2 fully saturated rings. The second-order valence-electron chi connectivity index (χ2n) is 6.49. The number of nitrogens with zero attached hydrogens (tertiary/aromatic N) is 1. The lowest BCUT2D eigenvalue weighted by atomic mass is 10.0. The van der Waals surface area contributed by atoms with E-state index < -0.39 is 12.1 Å².